The monoisotopic (exact) mass is 752 g/mol. The molecule has 0 radical (unpaired) electrons. The van der Waals surface area contributed by atoms with Crippen molar-refractivity contribution in [3.8, 4) is 0 Å². The van der Waals surface area contributed by atoms with Gasteiger partial charge in [0.15, 0.2) is 11.9 Å². The third-order valence-electron chi connectivity index (χ3n) is 11.7. The van der Waals surface area contributed by atoms with Gasteiger partial charge in [0.25, 0.3) is 5.91 Å². The largest absolute Gasteiger partial charge is 0.469 e. The molecule has 3 aliphatic rings. The second-order valence-corrected chi connectivity index (χ2v) is 16.7. The smallest absolute Gasteiger partial charge is 0.308 e. The summed E-state index contributed by atoms with van der Waals surface area (Å²) in [5.41, 5.74) is 0.748. The van der Waals surface area contributed by atoms with Gasteiger partial charge in [-0.05, 0) is 69.0 Å². The van der Waals surface area contributed by atoms with Crippen LogP contribution in [0.25, 0.3) is 0 Å². The van der Waals surface area contributed by atoms with E-state index in [2.05, 4.69) is 22.1 Å². The van der Waals surface area contributed by atoms with Crippen LogP contribution in [0.3, 0.4) is 0 Å². The Morgan fingerprint density at radius 2 is 1.75 bits per heavy atom. The fourth-order valence-electron chi connectivity index (χ4n) is 8.18. The molecule has 53 heavy (non-hydrogen) atoms. The summed E-state index contributed by atoms with van der Waals surface area (Å²) < 4.78 is 10.8. The first-order valence-corrected chi connectivity index (χ1v) is 20.0. The average Bonchev–Trinajstić information content (AvgIpc) is 3.61. The number of piperidine rings is 2. The van der Waals surface area contributed by atoms with E-state index >= 15 is 0 Å². The molecule has 1 aliphatic carbocycles. The molecule has 6 atom stereocenters. The number of carbonyl (C=O) groups excluding carboxylic acids is 5. The molecule has 12 heteroatoms. The number of hydrogen-bond acceptors (Lipinski definition) is 10. The third kappa shape index (κ3) is 10.3. The van der Waals surface area contributed by atoms with Crippen molar-refractivity contribution in [2.75, 3.05) is 27.7 Å². The van der Waals surface area contributed by atoms with Crippen molar-refractivity contribution in [1.29, 1.82) is 0 Å². The minimum absolute atomic E-state index is 0.00788. The zero-order valence-corrected chi connectivity index (χ0v) is 33.9. The van der Waals surface area contributed by atoms with Gasteiger partial charge in [0.2, 0.25) is 5.91 Å². The van der Waals surface area contributed by atoms with Gasteiger partial charge >= 0.3 is 11.9 Å². The lowest BCUT2D eigenvalue weighted by Gasteiger charge is -2.57. The Bertz CT molecular complexity index is 1570. The molecule has 0 spiro atoms. The van der Waals surface area contributed by atoms with Crippen molar-refractivity contribution in [1.82, 2.24) is 20.1 Å². The third-order valence-corrected chi connectivity index (χ3v) is 12.7. The first-order chi connectivity index (χ1) is 25.1. The van der Waals surface area contributed by atoms with Crippen LogP contribution in [0.1, 0.15) is 114 Å². The van der Waals surface area contributed by atoms with Crippen molar-refractivity contribution >= 4 is 40.9 Å². The van der Waals surface area contributed by atoms with E-state index in [1.165, 1.54) is 25.4 Å². The first-order valence-electron chi connectivity index (χ1n) is 19.2. The highest BCUT2D eigenvalue weighted by Gasteiger charge is 2.55. The fraction of sp³-hybridized carbons (Fsp3) is 0.659. The molecule has 292 valence electrons. The van der Waals surface area contributed by atoms with Crippen LogP contribution < -0.4 is 5.32 Å². The Balaban J connectivity index is 1.51. The number of amides is 2. The molecule has 11 nitrogen and oxygen atoms in total. The Labute approximate surface area is 319 Å². The van der Waals surface area contributed by atoms with Gasteiger partial charge in [-0.15, -0.1) is 11.3 Å². The molecule has 2 amide bonds. The number of ether oxygens (including phenoxy) is 2. The molecule has 1 aromatic heterocycles. The van der Waals surface area contributed by atoms with Crippen molar-refractivity contribution in [2.45, 2.75) is 117 Å². The number of Topliss-reactive ketones (excluding diaryl/α,β-unsaturated/α-hetero) is 1. The molecule has 1 aromatic carbocycles. The van der Waals surface area contributed by atoms with E-state index in [-0.39, 0.29) is 60.1 Å². The predicted octanol–water partition coefficient (Wildman–Crippen LogP) is 6.27. The Kier molecular flexibility index (Phi) is 14.8. The molecule has 2 aromatic rings. The minimum atomic E-state index is -0.800. The molecule has 0 unspecified atom stereocenters. The number of esters is 2. The highest BCUT2D eigenvalue weighted by Crippen LogP contribution is 2.49. The number of carbonyl (C=O) groups is 5. The average molecular weight is 753 g/mol. The molecular formula is C41H60N4O7S. The lowest BCUT2D eigenvalue weighted by molar-refractivity contribution is -0.154. The number of thiazole rings is 1. The van der Waals surface area contributed by atoms with Crippen molar-refractivity contribution in [3.63, 3.8) is 0 Å². The number of ketones is 1. The van der Waals surface area contributed by atoms with Gasteiger partial charge in [-0.25, -0.2) is 4.98 Å². The lowest BCUT2D eigenvalue weighted by Crippen LogP contribution is -2.65. The van der Waals surface area contributed by atoms with Crippen LogP contribution in [0.4, 0.5) is 0 Å². The van der Waals surface area contributed by atoms with Gasteiger partial charge in [0, 0.05) is 50.2 Å². The van der Waals surface area contributed by atoms with E-state index in [1.54, 1.807) is 24.3 Å². The van der Waals surface area contributed by atoms with Crippen molar-refractivity contribution < 1.29 is 33.4 Å². The van der Waals surface area contributed by atoms with E-state index in [0.717, 1.165) is 37.8 Å². The van der Waals surface area contributed by atoms with Gasteiger partial charge in [-0.1, -0.05) is 71.4 Å². The van der Waals surface area contributed by atoms with Gasteiger partial charge in [-0.3, -0.25) is 28.9 Å². The predicted molar refractivity (Wildman–Crippen MR) is 205 cm³/mol. The summed E-state index contributed by atoms with van der Waals surface area (Å²) in [5.74, 6) is -1.46. The van der Waals surface area contributed by atoms with Crippen LogP contribution in [0.15, 0.2) is 35.7 Å². The zero-order chi connectivity index (χ0) is 39.0. The van der Waals surface area contributed by atoms with Gasteiger partial charge in [-0.2, -0.15) is 0 Å². The van der Waals surface area contributed by atoms with E-state index in [4.69, 9.17) is 9.47 Å². The number of hydrogen-bond donors (Lipinski definition) is 1. The summed E-state index contributed by atoms with van der Waals surface area (Å²) in [6.07, 6.45) is 4.22. The number of rotatable bonds is 19. The maximum atomic E-state index is 14.4. The lowest BCUT2D eigenvalue weighted by atomic mass is 9.59. The molecule has 3 heterocycles. The second-order valence-electron chi connectivity index (χ2n) is 15.8. The van der Waals surface area contributed by atoms with Crippen LogP contribution in [0, 0.1) is 29.6 Å². The van der Waals surface area contributed by atoms with Crippen LogP contribution in [-0.2, 0) is 35.1 Å². The second kappa shape index (κ2) is 18.6. The molecule has 5 rings (SSSR count). The van der Waals surface area contributed by atoms with E-state index in [1.807, 2.05) is 58.2 Å². The quantitative estimate of drug-likeness (QED) is 0.165. The fourth-order valence-corrected chi connectivity index (χ4v) is 9.02. The highest BCUT2D eigenvalue weighted by molar-refractivity contribution is 7.09. The van der Waals surface area contributed by atoms with E-state index < -0.39 is 35.4 Å². The van der Waals surface area contributed by atoms with Gasteiger partial charge < -0.3 is 19.7 Å². The molecule has 1 N–H and O–H groups in total. The van der Waals surface area contributed by atoms with Crippen molar-refractivity contribution in [2.24, 2.45) is 29.6 Å². The summed E-state index contributed by atoms with van der Waals surface area (Å²) in [6.45, 7) is 12.2. The van der Waals surface area contributed by atoms with E-state index in [0.29, 0.717) is 23.8 Å². The summed E-state index contributed by atoms with van der Waals surface area (Å²) in [7, 11) is 5.16. The number of benzene rings is 1. The minimum Gasteiger partial charge on any atom is -0.469 e. The van der Waals surface area contributed by atoms with Crippen LogP contribution >= 0.6 is 11.3 Å². The standard InChI is InChI=1S/C41H60N4O7S/c1-10-26(4)32(20-36(47)41-22-30(23-41)16-17-44(41)7)39(49)45(8)34(25(2)3)21-35(52-28(6)46)38-43-33(24-53-38)37(48)42-31(18-27(5)40(50)51-9)19-29-14-12-11-13-15-29/h11-15,24-27,30-32,34-35H,10,16-23H2,1-9H3,(H,42,48)/t26-,27-,30?,31+,32-,34+,35+,41?/m0/s1. The molecule has 2 saturated heterocycles. The maximum absolute atomic E-state index is 14.4. The first kappa shape index (κ1) is 42.1. The molecule has 1 saturated carbocycles. The van der Waals surface area contributed by atoms with Crippen LogP contribution in [0.5, 0.6) is 0 Å². The molecular weight excluding hydrogens is 693 g/mol. The number of nitrogens with one attached hydrogen (secondary N) is 1. The van der Waals surface area contributed by atoms with Crippen LogP contribution in [0.2, 0.25) is 0 Å². The SMILES string of the molecule is CC[C@H](C)[C@H](CC(=O)C12CC(CCN1C)C2)C(=O)N(C)[C@H](C[C@@H](OC(C)=O)c1nc(C(=O)N[C@@H](Cc2ccccc2)C[C@H](C)C(=O)OC)cs1)C(C)C. The number of aromatic nitrogens is 1. The zero-order valence-electron chi connectivity index (χ0n) is 33.1. The Morgan fingerprint density at radius 1 is 1.08 bits per heavy atom. The van der Waals surface area contributed by atoms with Crippen molar-refractivity contribution in [3.05, 3.63) is 52.0 Å². The topological polar surface area (TPSA) is 135 Å². The number of nitrogens with zero attached hydrogens (tertiary/aromatic N) is 3. The summed E-state index contributed by atoms with van der Waals surface area (Å²) >= 11 is 1.22. The van der Waals surface area contributed by atoms with E-state index in [9.17, 15) is 24.0 Å². The Morgan fingerprint density at radius 3 is 2.34 bits per heavy atom. The number of fused-ring (bicyclic) bond motifs is 2. The number of likely N-dealkylation sites (N-methyl/N-ethyl adjacent to an activating group) is 1. The maximum Gasteiger partial charge on any atom is 0.308 e. The normalized spacial score (nSPS) is 21.7. The van der Waals surface area contributed by atoms with Crippen LogP contribution in [-0.4, -0.2) is 89.7 Å². The summed E-state index contributed by atoms with van der Waals surface area (Å²) in [6, 6.07) is 9.02. The summed E-state index contributed by atoms with van der Waals surface area (Å²) in [5, 5.41) is 5.15. The highest BCUT2D eigenvalue weighted by atomic mass is 32.1. The molecule has 2 bridgehead atoms. The molecule has 3 fully saturated rings. The Hall–Kier alpha value is -3.64. The van der Waals surface area contributed by atoms with Gasteiger partial charge in [0.05, 0.1) is 18.6 Å². The number of methoxy groups -OCH3 is 1. The van der Waals surface area contributed by atoms with Gasteiger partial charge in [0.1, 0.15) is 10.7 Å². The summed E-state index contributed by atoms with van der Waals surface area (Å²) in [4.78, 5) is 75.1. The molecule has 2 aliphatic heterocycles.